The van der Waals surface area contributed by atoms with Crippen molar-refractivity contribution >= 4 is 11.9 Å². The monoisotopic (exact) mass is 319 g/mol. The maximum atomic E-state index is 12.2. The average molecular weight is 319 g/mol. The minimum atomic E-state index is -0.805. The lowest BCUT2D eigenvalue weighted by Crippen LogP contribution is -2.45. The van der Waals surface area contributed by atoms with Gasteiger partial charge in [-0.25, -0.2) is 0 Å². The summed E-state index contributed by atoms with van der Waals surface area (Å²) in [4.78, 5) is 25.1. The molecular formula is C18H25NO4. The van der Waals surface area contributed by atoms with E-state index in [2.05, 4.69) is 0 Å². The second kappa shape index (κ2) is 8.67. The van der Waals surface area contributed by atoms with Gasteiger partial charge in [0, 0.05) is 26.1 Å². The van der Waals surface area contributed by atoms with Crippen molar-refractivity contribution in [1.82, 2.24) is 4.90 Å². The third kappa shape index (κ3) is 5.67. The number of rotatable bonds is 7. The molecular weight excluding hydrogens is 294 g/mol. The minimum absolute atomic E-state index is 0.0334. The zero-order valence-corrected chi connectivity index (χ0v) is 13.6. The normalized spacial score (nSPS) is 21.2. The summed E-state index contributed by atoms with van der Waals surface area (Å²) in [6.07, 6.45) is 1.72. The van der Waals surface area contributed by atoms with Crippen molar-refractivity contribution in [2.75, 3.05) is 19.7 Å². The van der Waals surface area contributed by atoms with Crippen LogP contribution in [-0.2, 0) is 20.9 Å². The van der Waals surface area contributed by atoms with Crippen LogP contribution in [0, 0.1) is 11.8 Å². The Hall–Kier alpha value is -1.88. The molecule has 0 spiro atoms. The third-order valence-electron chi connectivity index (χ3n) is 4.15. The van der Waals surface area contributed by atoms with Crippen LogP contribution in [-0.4, -0.2) is 41.6 Å². The van der Waals surface area contributed by atoms with Crippen molar-refractivity contribution in [3.05, 3.63) is 35.9 Å². The van der Waals surface area contributed by atoms with Crippen LogP contribution in [0.25, 0.3) is 0 Å². The highest BCUT2D eigenvalue weighted by Gasteiger charge is 2.31. The molecule has 126 valence electrons. The van der Waals surface area contributed by atoms with Crippen LogP contribution in [0.4, 0.5) is 0 Å². The van der Waals surface area contributed by atoms with E-state index in [1.54, 1.807) is 4.90 Å². The van der Waals surface area contributed by atoms with Gasteiger partial charge in [-0.1, -0.05) is 37.3 Å². The number of piperidine rings is 1. The molecule has 1 heterocycles. The van der Waals surface area contributed by atoms with Crippen LogP contribution in [0.5, 0.6) is 0 Å². The second-order valence-corrected chi connectivity index (χ2v) is 6.32. The zero-order chi connectivity index (χ0) is 16.7. The molecule has 5 heteroatoms. The largest absolute Gasteiger partial charge is 0.481 e. The number of carbonyl (C=O) groups is 2. The quantitative estimate of drug-likeness (QED) is 0.784. The number of carbonyl (C=O) groups excluding carboxylic acids is 1. The van der Waals surface area contributed by atoms with E-state index in [4.69, 9.17) is 9.84 Å². The van der Waals surface area contributed by atoms with Gasteiger partial charge in [0.05, 0.1) is 12.5 Å². The highest BCUT2D eigenvalue weighted by molar-refractivity contribution is 5.78. The van der Waals surface area contributed by atoms with E-state index < -0.39 is 11.9 Å². The molecule has 1 fully saturated rings. The topological polar surface area (TPSA) is 66.8 Å². The molecule has 2 rings (SSSR count). The standard InChI is InChI=1S/C18H25NO4/c1-14-10-16(18(21)22)12-19(11-14)17(20)8-5-9-23-13-15-6-3-2-4-7-15/h2-4,6-7,14,16H,5,8-13H2,1H3,(H,21,22). The summed E-state index contributed by atoms with van der Waals surface area (Å²) >= 11 is 0. The number of benzene rings is 1. The Morgan fingerprint density at radius 2 is 2.00 bits per heavy atom. The van der Waals surface area contributed by atoms with Crippen molar-refractivity contribution in [3.63, 3.8) is 0 Å². The first kappa shape index (κ1) is 17.5. The Morgan fingerprint density at radius 1 is 1.26 bits per heavy atom. The number of carboxylic acid groups (broad SMARTS) is 1. The maximum absolute atomic E-state index is 12.2. The molecule has 1 N–H and O–H groups in total. The van der Waals surface area contributed by atoms with E-state index >= 15 is 0 Å². The molecule has 1 saturated heterocycles. The molecule has 1 aliphatic heterocycles. The first-order valence-corrected chi connectivity index (χ1v) is 8.18. The van der Waals surface area contributed by atoms with Gasteiger partial charge in [0.1, 0.15) is 0 Å². The summed E-state index contributed by atoms with van der Waals surface area (Å²) in [5.74, 6) is -0.966. The zero-order valence-electron chi connectivity index (χ0n) is 13.6. The lowest BCUT2D eigenvalue weighted by Gasteiger charge is -2.34. The number of carboxylic acids is 1. The van der Waals surface area contributed by atoms with E-state index in [0.29, 0.717) is 45.6 Å². The Balaban J connectivity index is 1.67. The summed E-state index contributed by atoms with van der Waals surface area (Å²) in [7, 11) is 0. The molecule has 1 aliphatic rings. The molecule has 0 saturated carbocycles. The fourth-order valence-electron chi connectivity index (χ4n) is 2.98. The lowest BCUT2D eigenvalue weighted by molar-refractivity contribution is -0.147. The van der Waals surface area contributed by atoms with Crippen molar-refractivity contribution < 1.29 is 19.4 Å². The summed E-state index contributed by atoms with van der Waals surface area (Å²) in [6.45, 7) is 4.08. The van der Waals surface area contributed by atoms with Gasteiger partial charge in [0.15, 0.2) is 0 Å². The fourth-order valence-corrected chi connectivity index (χ4v) is 2.98. The average Bonchev–Trinajstić information content (AvgIpc) is 2.54. The molecule has 1 amide bonds. The van der Waals surface area contributed by atoms with Gasteiger partial charge in [0.2, 0.25) is 5.91 Å². The first-order chi connectivity index (χ1) is 11.1. The molecule has 1 aromatic rings. The number of likely N-dealkylation sites (tertiary alicyclic amines) is 1. The molecule has 0 bridgehead atoms. The molecule has 2 atom stereocenters. The smallest absolute Gasteiger partial charge is 0.308 e. The SMILES string of the molecule is CC1CC(C(=O)O)CN(C(=O)CCCOCc2ccccc2)C1. The number of ether oxygens (including phenoxy) is 1. The van der Waals surface area contributed by atoms with Gasteiger partial charge in [-0.05, 0) is 24.3 Å². The third-order valence-corrected chi connectivity index (χ3v) is 4.15. The van der Waals surface area contributed by atoms with Crippen molar-refractivity contribution in [1.29, 1.82) is 0 Å². The van der Waals surface area contributed by atoms with Crippen molar-refractivity contribution in [2.24, 2.45) is 11.8 Å². The lowest BCUT2D eigenvalue weighted by atomic mass is 9.90. The Morgan fingerprint density at radius 3 is 2.70 bits per heavy atom. The highest BCUT2D eigenvalue weighted by atomic mass is 16.5. The van der Waals surface area contributed by atoms with Gasteiger partial charge < -0.3 is 14.7 Å². The fraction of sp³-hybridized carbons (Fsp3) is 0.556. The molecule has 2 unspecified atom stereocenters. The van der Waals surface area contributed by atoms with Gasteiger partial charge in [-0.3, -0.25) is 9.59 Å². The van der Waals surface area contributed by atoms with Crippen LogP contribution >= 0.6 is 0 Å². The molecule has 0 radical (unpaired) electrons. The Labute approximate surface area is 137 Å². The van der Waals surface area contributed by atoms with E-state index in [9.17, 15) is 9.59 Å². The summed E-state index contributed by atoms with van der Waals surface area (Å²) < 4.78 is 5.57. The predicted octanol–water partition coefficient (Wildman–Crippen LogP) is 2.55. The molecule has 1 aromatic carbocycles. The van der Waals surface area contributed by atoms with E-state index in [1.807, 2.05) is 37.3 Å². The van der Waals surface area contributed by atoms with Crippen LogP contribution in [0.15, 0.2) is 30.3 Å². The summed E-state index contributed by atoms with van der Waals surface area (Å²) in [5, 5.41) is 9.15. The van der Waals surface area contributed by atoms with Gasteiger partial charge in [0.25, 0.3) is 0 Å². The number of aliphatic carboxylic acids is 1. The minimum Gasteiger partial charge on any atom is -0.481 e. The van der Waals surface area contributed by atoms with E-state index in [1.165, 1.54) is 0 Å². The Bertz CT molecular complexity index is 517. The second-order valence-electron chi connectivity index (χ2n) is 6.32. The number of nitrogens with zero attached hydrogens (tertiary/aromatic N) is 1. The highest BCUT2D eigenvalue weighted by Crippen LogP contribution is 2.22. The van der Waals surface area contributed by atoms with Crippen LogP contribution in [0.3, 0.4) is 0 Å². The molecule has 23 heavy (non-hydrogen) atoms. The molecule has 5 nitrogen and oxygen atoms in total. The molecule has 0 aliphatic carbocycles. The van der Waals surface area contributed by atoms with E-state index in [0.717, 1.165) is 5.56 Å². The number of hydrogen-bond donors (Lipinski definition) is 1. The van der Waals surface area contributed by atoms with Crippen molar-refractivity contribution in [2.45, 2.75) is 32.8 Å². The van der Waals surface area contributed by atoms with Crippen LogP contribution in [0.1, 0.15) is 31.7 Å². The van der Waals surface area contributed by atoms with Crippen molar-refractivity contribution in [3.8, 4) is 0 Å². The first-order valence-electron chi connectivity index (χ1n) is 8.18. The van der Waals surface area contributed by atoms with Gasteiger partial charge >= 0.3 is 5.97 Å². The summed E-state index contributed by atoms with van der Waals surface area (Å²) in [5.41, 5.74) is 1.12. The van der Waals surface area contributed by atoms with Crippen LogP contribution in [0.2, 0.25) is 0 Å². The maximum Gasteiger partial charge on any atom is 0.308 e. The predicted molar refractivity (Wildman–Crippen MR) is 86.8 cm³/mol. The van der Waals surface area contributed by atoms with Gasteiger partial charge in [-0.15, -0.1) is 0 Å². The molecule has 0 aromatic heterocycles. The number of hydrogen-bond acceptors (Lipinski definition) is 3. The summed E-state index contributed by atoms with van der Waals surface area (Å²) in [6, 6.07) is 9.92. The van der Waals surface area contributed by atoms with Crippen LogP contribution < -0.4 is 0 Å². The Kier molecular flexibility index (Phi) is 6.59. The van der Waals surface area contributed by atoms with E-state index in [-0.39, 0.29) is 11.8 Å². The van der Waals surface area contributed by atoms with Gasteiger partial charge in [-0.2, -0.15) is 0 Å². The number of amides is 1.